The van der Waals surface area contributed by atoms with E-state index in [1.54, 1.807) is 54.6 Å². The Hall–Kier alpha value is -3.12. The van der Waals surface area contributed by atoms with E-state index in [-0.39, 0.29) is 16.5 Å². The summed E-state index contributed by atoms with van der Waals surface area (Å²) >= 11 is 5.99. The Bertz CT molecular complexity index is 907. The number of ketones is 1. The Balaban J connectivity index is 1.81. The van der Waals surface area contributed by atoms with E-state index < -0.39 is 18.2 Å². The molecule has 0 fully saturated rings. The van der Waals surface area contributed by atoms with Crippen LogP contribution in [-0.4, -0.2) is 24.0 Å². The third kappa shape index (κ3) is 3.75. The Labute approximate surface area is 154 Å². The minimum absolute atomic E-state index is 0.0987. The molecular weight excluding hydrogens is 358 g/mol. The third-order valence-corrected chi connectivity index (χ3v) is 4.00. The lowest BCUT2D eigenvalue weighted by Crippen LogP contribution is -2.24. The van der Waals surface area contributed by atoms with Crippen molar-refractivity contribution in [3.8, 4) is 0 Å². The maximum Gasteiger partial charge on any atom is 0.355 e. The van der Waals surface area contributed by atoms with Crippen molar-refractivity contribution >= 4 is 35.0 Å². The normalized spacial score (nSPS) is 16.2. The topological polar surface area (TPSA) is 81.7 Å². The van der Waals surface area contributed by atoms with Crippen molar-refractivity contribution in [3.63, 3.8) is 0 Å². The first-order chi connectivity index (χ1) is 12.5. The number of anilines is 1. The first kappa shape index (κ1) is 17.7. The lowest BCUT2D eigenvalue weighted by molar-refractivity contribution is -0.152. The fourth-order valence-electron chi connectivity index (χ4n) is 2.33. The number of hydrogen-bond acceptors (Lipinski definition) is 6. The standard InChI is InChI=1S/C19H14ClNO5/c1-11(22)13-8-5-9-14(10-13)21-16-15(20)18(24)26-19(16)25-17(23)12-6-3-2-4-7-12/h2-10,19,21H,1H3/t19-/m0/s1. The molecule has 0 aromatic heterocycles. The van der Waals surface area contributed by atoms with Gasteiger partial charge in [0.15, 0.2) is 10.8 Å². The van der Waals surface area contributed by atoms with Gasteiger partial charge >= 0.3 is 11.9 Å². The predicted molar refractivity (Wildman–Crippen MR) is 94.7 cm³/mol. The highest BCUT2D eigenvalue weighted by Crippen LogP contribution is 2.29. The van der Waals surface area contributed by atoms with E-state index >= 15 is 0 Å². The number of cyclic esters (lactones) is 1. The maximum atomic E-state index is 12.2. The molecule has 0 saturated heterocycles. The second kappa shape index (κ2) is 7.41. The number of carbonyl (C=O) groups excluding carboxylic acids is 3. The van der Waals surface area contributed by atoms with E-state index in [2.05, 4.69) is 5.32 Å². The van der Waals surface area contributed by atoms with E-state index in [0.717, 1.165) is 0 Å². The molecule has 2 aromatic rings. The first-order valence-electron chi connectivity index (χ1n) is 7.70. The van der Waals surface area contributed by atoms with Gasteiger partial charge < -0.3 is 14.8 Å². The molecule has 2 aromatic carbocycles. The van der Waals surface area contributed by atoms with Crippen LogP contribution in [0, 0.1) is 0 Å². The van der Waals surface area contributed by atoms with Crippen LogP contribution in [0.3, 0.4) is 0 Å². The quantitative estimate of drug-likeness (QED) is 0.640. The number of esters is 2. The number of carbonyl (C=O) groups is 3. The molecule has 1 heterocycles. The lowest BCUT2D eigenvalue weighted by atomic mass is 10.1. The molecule has 3 rings (SSSR count). The van der Waals surface area contributed by atoms with E-state index in [1.165, 1.54) is 6.92 Å². The zero-order valence-corrected chi connectivity index (χ0v) is 14.4. The van der Waals surface area contributed by atoms with Crippen LogP contribution < -0.4 is 5.32 Å². The van der Waals surface area contributed by atoms with Crippen LogP contribution in [0.2, 0.25) is 0 Å². The number of ether oxygens (including phenoxy) is 2. The van der Waals surface area contributed by atoms with Gasteiger partial charge in [0.25, 0.3) is 6.29 Å². The Morgan fingerprint density at radius 2 is 1.77 bits per heavy atom. The van der Waals surface area contributed by atoms with E-state index in [4.69, 9.17) is 21.1 Å². The third-order valence-electron chi connectivity index (χ3n) is 3.64. The highest BCUT2D eigenvalue weighted by atomic mass is 35.5. The number of benzene rings is 2. The van der Waals surface area contributed by atoms with Crippen molar-refractivity contribution in [3.05, 3.63) is 76.5 Å². The second-order valence-corrected chi connectivity index (χ2v) is 5.88. The zero-order valence-electron chi connectivity index (χ0n) is 13.7. The van der Waals surface area contributed by atoms with Crippen LogP contribution in [0.15, 0.2) is 65.3 Å². The summed E-state index contributed by atoms with van der Waals surface area (Å²) in [4.78, 5) is 35.5. The summed E-state index contributed by atoms with van der Waals surface area (Å²) in [6.45, 7) is 1.44. The molecule has 0 saturated carbocycles. The largest absolute Gasteiger partial charge is 0.415 e. The highest BCUT2D eigenvalue weighted by molar-refractivity contribution is 6.42. The lowest BCUT2D eigenvalue weighted by Gasteiger charge is -2.16. The van der Waals surface area contributed by atoms with Gasteiger partial charge in [-0.2, -0.15) is 0 Å². The summed E-state index contributed by atoms with van der Waals surface area (Å²) in [6.07, 6.45) is -1.30. The van der Waals surface area contributed by atoms with Gasteiger partial charge in [-0.15, -0.1) is 0 Å². The van der Waals surface area contributed by atoms with Crippen LogP contribution in [0.5, 0.6) is 0 Å². The summed E-state index contributed by atoms with van der Waals surface area (Å²) in [6, 6.07) is 14.9. The summed E-state index contributed by atoms with van der Waals surface area (Å²) in [7, 11) is 0. The van der Waals surface area contributed by atoms with Crippen molar-refractivity contribution in [1.82, 2.24) is 0 Å². The molecule has 26 heavy (non-hydrogen) atoms. The van der Waals surface area contributed by atoms with Crippen LogP contribution >= 0.6 is 11.6 Å². The zero-order chi connectivity index (χ0) is 18.7. The number of rotatable bonds is 5. The molecule has 1 atom stereocenters. The molecule has 0 bridgehead atoms. The molecule has 0 radical (unpaired) electrons. The smallest absolute Gasteiger partial charge is 0.355 e. The van der Waals surface area contributed by atoms with Gasteiger partial charge in [0.1, 0.15) is 5.70 Å². The van der Waals surface area contributed by atoms with E-state index in [9.17, 15) is 14.4 Å². The van der Waals surface area contributed by atoms with E-state index in [0.29, 0.717) is 16.8 Å². The van der Waals surface area contributed by atoms with Crippen molar-refractivity contribution in [2.75, 3.05) is 5.32 Å². The van der Waals surface area contributed by atoms with Crippen molar-refractivity contribution < 1.29 is 23.9 Å². The summed E-state index contributed by atoms with van der Waals surface area (Å²) in [5.74, 6) is -1.58. The number of Topliss-reactive ketones (excluding diaryl/α,β-unsaturated/α-hetero) is 1. The van der Waals surface area contributed by atoms with Gasteiger partial charge in [0.05, 0.1) is 5.56 Å². The Morgan fingerprint density at radius 3 is 2.46 bits per heavy atom. The number of halogens is 1. The van der Waals surface area contributed by atoms with Crippen LogP contribution in [0.1, 0.15) is 27.6 Å². The van der Waals surface area contributed by atoms with Crippen LogP contribution in [-0.2, 0) is 14.3 Å². The van der Waals surface area contributed by atoms with Gasteiger partial charge in [0.2, 0.25) is 0 Å². The summed E-state index contributed by atoms with van der Waals surface area (Å²) in [5.41, 5.74) is 1.39. The minimum Gasteiger partial charge on any atom is -0.415 e. The first-order valence-corrected chi connectivity index (χ1v) is 8.08. The average molecular weight is 372 g/mol. The highest BCUT2D eigenvalue weighted by Gasteiger charge is 2.36. The monoisotopic (exact) mass is 371 g/mol. The van der Waals surface area contributed by atoms with Crippen molar-refractivity contribution in [2.24, 2.45) is 0 Å². The molecule has 132 valence electrons. The maximum absolute atomic E-state index is 12.2. The molecule has 1 N–H and O–H groups in total. The van der Waals surface area contributed by atoms with Gasteiger partial charge in [0, 0.05) is 11.3 Å². The average Bonchev–Trinajstić information content (AvgIpc) is 2.90. The van der Waals surface area contributed by atoms with E-state index in [1.807, 2.05) is 0 Å². The van der Waals surface area contributed by atoms with Crippen LogP contribution in [0.4, 0.5) is 5.69 Å². The molecule has 6 nitrogen and oxygen atoms in total. The van der Waals surface area contributed by atoms with Gasteiger partial charge in [-0.25, -0.2) is 9.59 Å². The molecule has 7 heteroatoms. The number of hydrogen-bond donors (Lipinski definition) is 1. The van der Waals surface area contributed by atoms with Gasteiger partial charge in [-0.1, -0.05) is 41.9 Å². The van der Waals surface area contributed by atoms with Gasteiger partial charge in [-0.05, 0) is 31.2 Å². The fourth-order valence-corrected chi connectivity index (χ4v) is 2.51. The number of nitrogens with one attached hydrogen (secondary N) is 1. The summed E-state index contributed by atoms with van der Waals surface area (Å²) < 4.78 is 10.3. The second-order valence-electron chi connectivity index (χ2n) is 5.50. The molecule has 1 aliphatic rings. The molecular formula is C19H14ClNO5. The summed E-state index contributed by atoms with van der Waals surface area (Å²) in [5, 5.41) is 2.68. The Morgan fingerprint density at radius 1 is 1.08 bits per heavy atom. The molecule has 0 unspecified atom stereocenters. The van der Waals surface area contributed by atoms with Crippen LogP contribution in [0.25, 0.3) is 0 Å². The molecule has 1 aliphatic heterocycles. The Kier molecular flexibility index (Phi) is 5.04. The van der Waals surface area contributed by atoms with Crippen molar-refractivity contribution in [1.29, 1.82) is 0 Å². The molecule has 0 spiro atoms. The molecule has 0 aliphatic carbocycles. The molecule has 0 amide bonds. The van der Waals surface area contributed by atoms with Crippen molar-refractivity contribution in [2.45, 2.75) is 13.2 Å². The minimum atomic E-state index is -1.30. The van der Waals surface area contributed by atoms with Gasteiger partial charge in [-0.3, -0.25) is 4.79 Å². The SMILES string of the molecule is CC(=O)c1cccc(NC2=C(Cl)C(=O)O[C@@H]2OC(=O)c2ccccc2)c1. The predicted octanol–water partition coefficient (Wildman–Crippen LogP) is 3.49. The fraction of sp³-hybridized carbons (Fsp3) is 0.105.